The van der Waals surface area contributed by atoms with Crippen LogP contribution in [-0.4, -0.2) is 0 Å². The SMILES string of the molecule is c1ccc2c(Cc3coc4ccccc34)cccc2c1. The first-order valence-corrected chi connectivity index (χ1v) is 6.83. The van der Waals surface area contributed by atoms with Crippen LogP contribution < -0.4 is 0 Å². The smallest absolute Gasteiger partial charge is 0.134 e. The van der Waals surface area contributed by atoms with Crippen molar-refractivity contribution in [1.29, 1.82) is 0 Å². The number of para-hydroxylation sites is 1. The molecule has 4 aromatic rings. The predicted molar refractivity (Wildman–Crippen MR) is 83.0 cm³/mol. The molecule has 20 heavy (non-hydrogen) atoms. The van der Waals surface area contributed by atoms with Crippen molar-refractivity contribution in [2.75, 3.05) is 0 Å². The molecule has 0 saturated carbocycles. The van der Waals surface area contributed by atoms with E-state index in [-0.39, 0.29) is 0 Å². The number of furan rings is 1. The minimum absolute atomic E-state index is 0.901. The summed E-state index contributed by atoms with van der Waals surface area (Å²) in [7, 11) is 0. The maximum absolute atomic E-state index is 5.63. The zero-order chi connectivity index (χ0) is 13.4. The van der Waals surface area contributed by atoms with Gasteiger partial charge in [0.1, 0.15) is 5.58 Å². The standard InChI is InChI=1S/C19H14O/c1-2-9-17-14(6-1)7-5-8-15(17)12-16-13-20-19-11-4-3-10-18(16)19/h1-11,13H,12H2. The second kappa shape index (κ2) is 4.53. The van der Waals surface area contributed by atoms with Crippen molar-refractivity contribution < 1.29 is 4.42 Å². The van der Waals surface area contributed by atoms with Crippen molar-refractivity contribution in [1.82, 2.24) is 0 Å². The van der Waals surface area contributed by atoms with Crippen molar-refractivity contribution in [3.05, 3.63) is 84.1 Å². The Kier molecular flexibility index (Phi) is 2.56. The molecule has 0 aliphatic heterocycles. The first-order chi connectivity index (χ1) is 9.92. The van der Waals surface area contributed by atoms with E-state index in [4.69, 9.17) is 4.42 Å². The van der Waals surface area contributed by atoms with Gasteiger partial charge in [-0.1, -0.05) is 60.7 Å². The first kappa shape index (κ1) is 11.3. The molecule has 1 heteroatoms. The van der Waals surface area contributed by atoms with Crippen LogP contribution in [0.1, 0.15) is 11.1 Å². The summed E-state index contributed by atoms with van der Waals surface area (Å²) in [4.78, 5) is 0. The Bertz CT molecular complexity index is 881. The summed E-state index contributed by atoms with van der Waals surface area (Å²) in [6, 6.07) is 23.2. The fourth-order valence-electron chi connectivity index (χ4n) is 2.82. The molecule has 0 aliphatic rings. The van der Waals surface area contributed by atoms with E-state index >= 15 is 0 Å². The molecule has 0 aliphatic carbocycles. The Hall–Kier alpha value is -2.54. The van der Waals surface area contributed by atoms with Crippen LogP contribution >= 0.6 is 0 Å². The molecule has 0 fully saturated rings. The van der Waals surface area contributed by atoms with E-state index in [1.807, 2.05) is 18.4 Å². The molecule has 0 spiro atoms. The zero-order valence-corrected chi connectivity index (χ0v) is 11.0. The molecule has 0 atom stereocenters. The fourth-order valence-corrected chi connectivity index (χ4v) is 2.82. The number of hydrogen-bond donors (Lipinski definition) is 0. The third-order valence-corrected chi connectivity index (χ3v) is 3.82. The Balaban J connectivity index is 1.85. The lowest BCUT2D eigenvalue weighted by atomic mass is 9.98. The van der Waals surface area contributed by atoms with E-state index in [1.54, 1.807) is 0 Å². The van der Waals surface area contributed by atoms with Gasteiger partial charge in [0, 0.05) is 17.4 Å². The number of hydrogen-bond acceptors (Lipinski definition) is 1. The fraction of sp³-hybridized carbons (Fsp3) is 0.0526. The van der Waals surface area contributed by atoms with E-state index in [2.05, 4.69) is 54.6 Å². The lowest BCUT2D eigenvalue weighted by molar-refractivity contribution is 0.611. The molecule has 0 bridgehead atoms. The molecule has 4 rings (SSSR count). The minimum atomic E-state index is 0.901. The summed E-state index contributed by atoms with van der Waals surface area (Å²) < 4.78 is 5.63. The molecule has 1 nitrogen and oxygen atoms in total. The average Bonchev–Trinajstić information content (AvgIpc) is 2.91. The second-order valence-electron chi connectivity index (χ2n) is 5.07. The Morgan fingerprint density at radius 2 is 1.40 bits per heavy atom. The summed E-state index contributed by atoms with van der Waals surface area (Å²) in [5.74, 6) is 0. The number of benzene rings is 3. The van der Waals surface area contributed by atoms with Crippen LogP contribution in [0.3, 0.4) is 0 Å². The molecule has 0 unspecified atom stereocenters. The Labute approximate surface area is 117 Å². The van der Waals surface area contributed by atoms with Crippen molar-refractivity contribution in [3.8, 4) is 0 Å². The highest BCUT2D eigenvalue weighted by molar-refractivity contribution is 5.87. The van der Waals surface area contributed by atoms with Gasteiger partial charge in [-0.05, 0) is 22.4 Å². The molecule has 0 amide bonds. The van der Waals surface area contributed by atoms with Crippen molar-refractivity contribution in [2.24, 2.45) is 0 Å². The lowest BCUT2D eigenvalue weighted by Gasteiger charge is -2.05. The van der Waals surface area contributed by atoms with Gasteiger partial charge >= 0.3 is 0 Å². The molecule has 3 aromatic carbocycles. The molecule has 96 valence electrons. The quantitative estimate of drug-likeness (QED) is 0.483. The van der Waals surface area contributed by atoms with E-state index in [1.165, 1.54) is 27.3 Å². The summed E-state index contributed by atoms with van der Waals surface area (Å²) in [5.41, 5.74) is 3.55. The van der Waals surface area contributed by atoms with Crippen LogP contribution in [0.5, 0.6) is 0 Å². The molecule has 0 N–H and O–H groups in total. The highest BCUT2D eigenvalue weighted by Gasteiger charge is 2.07. The summed E-state index contributed by atoms with van der Waals surface area (Å²) >= 11 is 0. The van der Waals surface area contributed by atoms with E-state index in [0.29, 0.717) is 0 Å². The summed E-state index contributed by atoms with van der Waals surface area (Å²) in [5, 5.41) is 3.82. The topological polar surface area (TPSA) is 13.1 Å². The highest BCUT2D eigenvalue weighted by Crippen LogP contribution is 2.26. The summed E-state index contributed by atoms with van der Waals surface area (Å²) in [6.45, 7) is 0. The average molecular weight is 258 g/mol. The third kappa shape index (κ3) is 1.79. The van der Waals surface area contributed by atoms with Crippen molar-refractivity contribution in [2.45, 2.75) is 6.42 Å². The predicted octanol–water partition coefficient (Wildman–Crippen LogP) is 5.18. The molecule has 1 heterocycles. The normalized spacial score (nSPS) is 11.2. The number of rotatable bonds is 2. The van der Waals surface area contributed by atoms with Crippen LogP contribution in [0.15, 0.2) is 77.4 Å². The van der Waals surface area contributed by atoms with Gasteiger partial charge < -0.3 is 4.42 Å². The monoisotopic (exact) mass is 258 g/mol. The van der Waals surface area contributed by atoms with E-state index < -0.39 is 0 Å². The van der Waals surface area contributed by atoms with Gasteiger partial charge in [0.2, 0.25) is 0 Å². The summed E-state index contributed by atoms with van der Waals surface area (Å²) in [6.07, 6.45) is 2.78. The van der Waals surface area contributed by atoms with Crippen molar-refractivity contribution in [3.63, 3.8) is 0 Å². The first-order valence-electron chi connectivity index (χ1n) is 6.83. The van der Waals surface area contributed by atoms with Gasteiger partial charge in [0.05, 0.1) is 6.26 Å². The van der Waals surface area contributed by atoms with Gasteiger partial charge in [-0.25, -0.2) is 0 Å². The Morgan fingerprint density at radius 3 is 2.35 bits per heavy atom. The molecule has 0 saturated heterocycles. The van der Waals surface area contributed by atoms with Crippen LogP contribution in [0.4, 0.5) is 0 Å². The van der Waals surface area contributed by atoms with Gasteiger partial charge in [-0.15, -0.1) is 0 Å². The van der Waals surface area contributed by atoms with Gasteiger partial charge in [0.25, 0.3) is 0 Å². The molecule has 1 aromatic heterocycles. The molecular formula is C19H14O. The van der Waals surface area contributed by atoms with Crippen LogP contribution in [0.25, 0.3) is 21.7 Å². The van der Waals surface area contributed by atoms with Gasteiger partial charge in [-0.3, -0.25) is 0 Å². The Morgan fingerprint density at radius 1 is 0.650 bits per heavy atom. The maximum Gasteiger partial charge on any atom is 0.134 e. The van der Waals surface area contributed by atoms with E-state index in [9.17, 15) is 0 Å². The molecule has 0 radical (unpaired) electrons. The van der Waals surface area contributed by atoms with Gasteiger partial charge in [-0.2, -0.15) is 0 Å². The van der Waals surface area contributed by atoms with E-state index in [0.717, 1.165) is 12.0 Å². The maximum atomic E-state index is 5.63. The van der Waals surface area contributed by atoms with Crippen LogP contribution in [-0.2, 0) is 6.42 Å². The van der Waals surface area contributed by atoms with Crippen LogP contribution in [0.2, 0.25) is 0 Å². The largest absolute Gasteiger partial charge is 0.464 e. The minimum Gasteiger partial charge on any atom is -0.464 e. The zero-order valence-electron chi connectivity index (χ0n) is 11.0. The lowest BCUT2D eigenvalue weighted by Crippen LogP contribution is -1.88. The molecular weight excluding hydrogens is 244 g/mol. The third-order valence-electron chi connectivity index (χ3n) is 3.82. The number of fused-ring (bicyclic) bond motifs is 2. The van der Waals surface area contributed by atoms with Crippen LogP contribution in [0, 0.1) is 0 Å². The van der Waals surface area contributed by atoms with Gasteiger partial charge in [0.15, 0.2) is 0 Å². The highest BCUT2D eigenvalue weighted by atomic mass is 16.3. The second-order valence-corrected chi connectivity index (χ2v) is 5.07. The van der Waals surface area contributed by atoms with Crippen molar-refractivity contribution >= 4 is 21.7 Å².